The van der Waals surface area contributed by atoms with Gasteiger partial charge in [0.1, 0.15) is 5.82 Å². The van der Waals surface area contributed by atoms with Gasteiger partial charge >= 0.3 is 5.97 Å². The smallest absolute Gasteiger partial charge is 0.335 e. The van der Waals surface area contributed by atoms with E-state index in [1.165, 1.54) is 12.1 Å². The number of benzene rings is 3. The Hall–Kier alpha value is -2.39. The number of carboxylic acid groups (broad SMARTS) is 1. The molecule has 0 aliphatic heterocycles. The van der Waals surface area contributed by atoms with Crippen LogP contribution in [0.4, 0.5) is 4.39 Å². The van der Waals surface area contributed by atoms with E-state index in [0.717, 1.165) is 5.39 Å². The van der Waals surface area contributed by atoms with Crippen molar-refractivity contribution in [3.63, 3.8) is 0 Å². The molecule has 0 atom stereocenters. The average molecular weight is 301 g/mol. The van der Waals surface area contributed by atoms with Gasteiger partial charge in [0.2, 0.25) is 0 Å². The lowest BCUT2D eigenvalue weighted by Gasteiger charge is -2.09. The van der Waals surface area contributed by atoms with Crippen molar-refractivity contribution in [3.8, 4) is 11.1 Å². The molecule has 0 fully saturated rings. The van der Waals surface area contributed by atoms with Crippen LogP contribution in [0.2, 0.25) is 5.02 Å². The highest BCUT2D eigenvalue weighted by molar-refractivity contribution is 6.31. The molecule has 3 rings (SSSR count). The van der Waals surface area contributed by atoms with Crippen LogP contribution in [0.3, 0.4) is 0 Å². The Labute approximate surface area is 125 Å². The normalized spacial score (nSPS) is 10.8. The Bertz CT molecular complexity index is 859. The molecule has 21 heavy (non-hydrogen) atoms. The fourth-order valence-electron chi connectivity index (χ4n) is 2.35. The largest absolute Gasteiger partial charge is 0.478 e. The van der Waals surface area contributed by atoms with Crippen molar-refractivity contribution < 1.29 is 14.3 Å². The first-order chi connectivity index (χ1) is 10.1. The quantitative estimate of drug-likeness (QED) is 0.723. The maximum absolute atomic E-state index is 14.2. The minimum absolute atomic E-state index is 0.0406. The zero-order chi connectivity index (χ0) is 15.0. The van der Waals surface area contributed by atoms with Gasteiger partial charge in [0, 0.05) is 5.56 Å². The van der Waals surface area contributed by atoms with E-state index in [1.807, 2.05) is 6.07 Å². The summed E-state index contributed by atoms with van der Waals surface area (Å²) in [6.07, 6.45) is 0. The van der Waals surface area contributed by atoms with E-state index >= 15 is 0 Å². The van der Waals surface area contributed by atoms with Crippen molar-refractivity contribution in [2.45, 2.75) is 0 Å². The first-order valence-corrected chi connectivity index (χ1v) is 6.66. The highest BCUT2D eigenvalue weighted by Crippen LogP contribution is 2.33. The summed E-state index contributed by atoms with van der Waals surface area (Å²) in [4.78, 5) is 11.1. The Balaban J connectivity index is 2.34. The first-order valence-electron chi connectivity index (χ1n) is 6.28. The second-order valence-electron chi connectivity index (χ2n) is 4.65. The standard InChI is InChI=1S/C17H10ClFO2/c18-15-6-2-5-13(16(15)19)12-4-1-3-10-7-8-11(17(20)21)9-14(10)12/h1-9H,(H,20,21). The Morgan fingerprint density at radius 3 is 2.48 bits per heavy atom. The van der Waals surface area contributed by atoms with Gasteiger partial charge in [-0.05, 0) is 34.5 Å². The van der Waals surface area contributed by atoms with Gasteiger partial charge in [-0.25, -0.2) is 9.18 Å². The predicted molar refractivity (Wildman–Crippen MR) is 81.3 cm³/mol. The molecule has 4 heteroatoms. The van der Waals surface area contributed by atoms with Gasteiger partial charge < -0.3 is 5.11 Å². The molecule has 3 aromatic carbocycles. The Morgan fingerprint density at radius 2 is 1.71 bits per heavy atom. The van der Waals surface area contributed by atoms with Crippen molar-refractivity contribution in [2.75, 3.05) is 0 Å². The van der Waals surface area contributed by atoms with Crippen LogP contribution >= 0.6 is 11.6 Å². The molecule has 0 aliphatic carbocycles. The van der Waals surface area contributed by atoms with Crippen molar-refractivity contribution in [1.82, 2.24) is 0 Å². The SMILES string of the molecule is O=C(O)c1ccc2cccc(-c3cccc(Cl)c3F)c2c1. The summed E-state index contributed by atoms with van der Waals surface area (Å²) in [6, 6.07) is 15.0. The number of halogens is 2. The van der Waals surface area contributed by atoms with Crippen molar-refractivity contribution in [3.05, 3.63) is 71.0 Å². The average Bonchev–Trinajstić information content (AvgIpc) is 2.49. The summed E-state index contributed by atoms with van der Waals surface area (Å²) < 4.78 is 14.2. The number of aromatic carboxylic acids is 1. The molecule has 0 unspecified atom stereocenters. The number of hydrogen-bond acceptors (Lipinski definition) is 1. The van der Waals surface area contributed by atoms with Crippen LogP contribution in [-0.4, -0.2) is 11.1 Å². The fraction of sp³-hybridized carbons (Fsp3) is 0. The molecule has 0 bridgehead atoms. The summed E-state index contributed by atoms with van der Waals surface area (Å²) in [7, 11) is 0. The first kappa shape index (κ1) is 13.6. The lowest BCUT2D eigenvalue weighted by molar-refractivity contribution is 0.0697. The van der Waals surface area contributed by atoms with Crippen LogP contribution in [0.25, 0.3) is 21.9 Å². The van der Waals surface area contributed by atoms with Gasteiger partial charge in [0.15, 0.2) is 0 Å². The van der Waals surface area contributed by atoms with Crippen molar-refractivity contribution in [2.24, 2.45) is 0 Å². The maximum atomic E-state index is 14.2. The second-order valence-corrected chi connectivity index (χ2v) is 5.06. The minimum Gasteiger partial charge on any atom is -0.478 e. The number of carbonyl (C=O) groups is 1. The van der Waals surface area contributed by atoms with Gasteiger partial charge in [0.05, 0.1) is 10.6 Å². The summed E-state index contributed by atoms with van der Waals surface area (Å²) in [6.45, 7) is 0. The van der Waals surface area contributed by atoms with E-state index in [1.54, 1.807) is 36.4 Å². The molecule has 0 radical (unpaired) electrons. The van der Waals surface area contributed by atoms with E-state index < -0.39 is 11.8 Å². The van der Waals surface area contributed by atoms with Crippen LogP contribution in [0.5, 0.6) is 0 Å². The summed E-state index contributed by atoms with van der Waals surface area (Å²) in [5, 5.41) is 10.7. The molecule has 0 spiro atoms. The lowest BCUT2D eigenvalue weighted by atomic mass is 9.96. The van der Waals surface area contributed by atoms with E-state index in [4.69, 9.17) is 16.7 Å². The monoisotopic (exact) mass is 300 g/mol. The van der Waals surface area contributed by atoms with Gasteiger partial charge in [-0.2, -0.15) is 0 Å². The zero-order valence-corrected chi connectivity index (χ0v) is 11.6. The van der Waals surface area contributed by atoms with Gasteiger partial charge in [0.25, 0.3) is 0 Å². The number of hydrogen-bond donors (Lipinski definition) is 1. The molecule has 0 heterocycles. The molecule has 104 valence electrons. The van der Waals surface area contributed by atoms with Crippen molar-refractivity contribution in [1.29, 1.82) is 0 Å². The molecular formula is C17H10ClFO2. The van der Waals surface area contributed by atoms with E-state index in [2.05, 4.69) is 0 Å². The van der Waals surface area contributed by atoms with Crippen LogP contribution in [0.1, 0.15) is 10.4 Å². The predicted octanol–water partition coefficient (Wildman–Crippen LogP) is 5.00. The topological polar surface area (TPSA) is 37.3 Å². The highest BCUT2D eigenvalue weighted by Gasteiger charge is 2.12. The second kappa shape index (κ2) is 5.19. The third-order valence-electron chi connectivity index (χ3n) is 3.37. The van der Waals surface area contributed by atoms with Crippen LogP contribution in [0.15, 0.2) is 54.6 Å². The van der Waals surface area contributed by atoms with Crippen LogP contribution < -0.4 is 0 Å². The molecule has 0 aromatic heterocycles. The molecule has 2 nitrogen and oxygen atoms in total. The molecular weight excluding hydrogens is 291 g/mol. The van der Waals surface area contributed by atoms with Crippen molar-refractivity contribution >= 4 is 28.3 Å². The summed E-state index contributed by atoms with van der Waals surface area (Å²) in [5.41, 5.74) is 1.14. The number of rotatable bonds is 2. The minimum atomic E-state index is -1.02. The maximum Gasteiger partial charge on any atom is 0.335 e. The van der Waals surface area contributed by atoms with Gasteiger partial charge in [-0.3, -0.25) is 0 Å². The number of fused-ring (bicyclic) bond motifs is 1. The lowest BCUT2D eigenvalue weighted by Crippen LogP contribution is -1.96. The number of carboxylic acids is 1. The van der Waals surface area contributed by atoms with E-state index in [-0.39, 0.29) is 10.6 Å². The third-order valence-corrected chi connectivity index (χ3v) is 3.66. The zero-order valence-electron chi connectivity index (χ0n) is 10.8. The Kier molecular flexibility index (Phi) is 3.35. The molecule has 3 aromatic rings. The molecule has 0 saturated heterocycles. The van der Waals surface area contributed by atoms with Gasteiger partial charge in [-0.1, -0.05) is 48.0 Å². The van der Waals surface area contributed by atoms with Crippen LogP contribution in [0, 0.1) is 5.82 Å². The molecule has 0 aliphatic rings. The summed E-state index contributed by atoms with van der Waals surface area (Å²) in [5.74, 6) is -1.52. The Morgan fingerprint density at radius 1 is 1.00 bits per heavy atom. The highest BCUT2D eigenvalue weighted by atomic mass is 35.5. The fourth-order valence-corrected chi connectivity index (χ4v) is 2.53. The van der Waals surface area contributed by atoms with E-state index in [0.29, 0.717) is 16.5 Å². The third kappa shape index (κ3) is 2.36. The molecule has 1 N–H and O–H groups in total. The summed E-state index contributed by atoms with van der Waals surface area (Å²) >= 11 is 5.83. The molecule has 0 amide bonds. The van der Waals surface area contributed by atoms with Gasteiger partial charge in [-0.15, -0.1) is 0 Å². The molecule has 0 saturated carbocycles. The van der Waals surface area contributed by atoms with E-state index in [9.17, 15) is 9.18 Å². The van der Waals surface area contributed by atoms with Crippen LogP contribution in [-0.2, 0) is 0 Å².